The first-order valence-electron chi connectivity index (χ1n) is 9.68. The summed E-state index contributed by atoms with van der Waals surface area (Å²) in [6.45, 7) is 6.97. The van der Waals surface area contributed by atoms with Crippen LogP contribution in [0.1, 0.15) is 97.8 Å². The van der Waals surface area contributed by atoms with Gasteiger partial charge in [0.15, 0.2) is 0 Å². The van der Waals surface area contributed by atoms with Gasteiger partial charge in [-0.25, -0.2) is 0 Å². The van der Waals surface area contributed by atoms with Crippen LogP contribution in [0.15, 0.2) is 0 Å². The lowest BCUT2D eigenvalue weighted by Crippen LogP contribution is -2.30. The van der Waals surface area contributed by atoms with Crippen molar-refractivity contribution in [3.63, 3.8) is 0 Å². The molecule has 0 heterocycles. The second-order valence-electron chi connectivity index (χ2n) is 6.26. The molecule has 0 spiro atoms. The van der Waals surface area contributed by atoms with Gasteiger partial charge in [0.1, 0.15) is 0 Å². The molecule has 0 saturated heterocycles. The Labute approximate surface area is 142 Å². The molecule has 0 aromatic rings. The van der Waals surface area contributed by atoms with Crippen LogP contribution < -0.4 is 0 Å². The average Bonchev–Trinajstić information content (AvgIpc) is 2.50. The number of rotatable bonds is 17. The molecule has 0 aliphatic carbocycles. The molecule has 0 amide bonds. The molecular formula is C18H39Si3. The van der Waals surface area contributed by atoms with E-state index in [1.807, 2.05) is 0 Å². The maximum absolute atomic E-state index is 2.33. The smallest absolute Gasteiger partial charge is 0.0222 e. The molecule has 0 saturated carbocycles. The van der Waals surface area contributed by atoms with Crippen molar-refractivity contribution in [1.82, 2.24) is 0 Å². The van der Waals surface area contributed by atoms with E-state index in [9.17, 15) is 0 Å². The average molecular weight is 340 g/mol. The van der Waals surface area contributed by atoms with Crippen LogP contribution in [0.2, 0.25) is 18.1 Å². The molecule has 0 fully saturated rings. The van der Waals surface area contributed by atoms with Gasteiger partial charge in [0.2, 0.25) is 0 Å². The molecular weight excluding hydrogens is 300 g/mol. The fraction of sp³-hybridized carbons (Fsp3) is 1.00. The van der Waals surface area contributed by atoms with Crippen molar-refractivity contribution in [2.45, 2.75) is 116 Å². The van der Waals surface area contributed by atoms with E-state index in [1.165, 1.54) is 88.7 Å². The van der Waals surface area contributed by atoms with Gasteiger partial charge in [0.25, 0.3) is 0 Å². The first-order chi connectivity index (χ1) is 10.3. The van der Waals surface area contributed by atoms with Gasteiger partial charge in [-0.1, -0.05) is 116 Å². The zero-order chi connectivity index (χ0) is 15.6. The second kappa shape index (κ2) is 18.7. The molecule has 0 atom stereocenters. The molecule has 0 bridgehead atoms. The first kappa shape index (κ1) is 21.7. The molecule has 0 nitrogen and oxygen atoms in total. The summed E-state index contributed by atoms with van der Waals surface area (Å²) in [5.41, 5.74) is 0. The Morgan fingerprint density at radius 3 is 1.38 bits per heavy atom. The molecule has 3 heteroatoms. The van der Waals surface area contributed by atoms with Crippen molar-refractivity contribution in [3.8, 4) is 0 Å². The summed E-state index contributed by atoms with van der Waals surface area (Å²) in [6.07, 6.45) is 17.6. The highest BCUT2D eigenvalue weighted by Crippen LogP contribution is 2.11. The largest absolute Gasteiger partial charge is 0.0654 e. The summed E-state index contributed by atoms with van der Waals surface area (Å²) in [6, 6.07) is 4.79. The third kappa shape index (κ3) is 16.8. The Morgan fingerprint density at radius 2 is 0.952 bits per heavy atom. The summed E-state index contributed by atoms with van der Waals surface area (Å²) >= 11 is 0. The summed E-state index contributed by atoms with van der Waals surface area (Å²) in [7, 11) is 2.80. The molecule has 0 aromatic heterocycles. The number of unbranched alkanes of at least 4 members (excludes halogenated alkanes) is 9. The van der Waals surface area contributed by atoms with E-state index in [1.54, 1.807) is 24.6 Å². The third-order valence-corrected chi connectivity index (χ3v) is 15.7. The van der Waals surface area contributed by atoms with Crippen LogP contribution in [-0.2, 0) is 0 Å². The molecule has 0 aliphatic rings. The lowest BCUT2D eigenvalue weighted by Gasteiger charge is -2.14. The minimum absolute atomic E-state index is 0.0563. The Hall–Kier alpha value is 0.651. The zero-order valence-corrected chi connectivity index (χ0v) is 18.1. The van der Waals surface area contributed by atoms with Crippen LogP contribution in [0.5, 0.6) is 0 Å². The van der Waals surface area contributed by atoms with Crippen LogP contribution in [0.25, 0.3) is 0 Å². The van der Waals surface area contributed by atoms with Crippen molar-refractivity contribution in [2.75, 3.05) is 0 Å². The van der Waals surface area contributed by atoms with Gasteiger partial charge >= 0.3 is 0 Å². The van der Waals surface area contributed by atoms with E-state index in [-0.39, 0.29) is 7.83 Å². The monoisotopic (exact) mass is 339 g/mol. The highest BCUT2D eigenvalue weighted by molar-refractivity contribution is 7.39. The van der Waals surface area contributed by atoms with Crippen LogP contribution in [0.4, 0.5) is 0 Å². The summed E-state index contributed by atoms with van der Waals surface area (Å²) in [5.74, 6) is 0. The third-order valence-electron chi connectivity index (χ3n) is 4.02. The van der Waals surface area contributed by atoms with Crippen molar-refractivity contribution < 1.29 is 0 Å². The molecule has 0 rings (SSSR count). The first-order valence-corrected chi connectivity index (χ1v) is 15.8. The van der Waals surface area contributed by atoms with Crippen molar-refractivity contribution in [3.05, 3.63) is 0 Å². The minimum atomic E-state index is 0.0563. The van der Waals surface area contributed by atoms with Gasteiger partial charge < -0.3 is 0 Å². The standard InChI is InChI=1S/C18H39Si3/c1-4-7-10-13-16-19-21(18-15-12-9-6-3)20-17-14-11-8-5-2/h4-18H2,1-3H3. The maximum atomic E-state index is 2.33. The van der Waals surface area contributed by atoms with Crippen LogP contribution in [-0.4, -0.2) is 25.9 Å². The fourth-order valence-electron chi connectivity index (χ4n) is 2.55. The molecule has 21 heavy (non-hydrogen) atoms. The van der Waals surface area contributed by atoms with Gasteiger partial charge in [0.05, 0.1) is 0 Å². The molecule has 0 N–H and O–H groups in total. The second-order valence-corrected chi connectivity index (χ2v) is 16.7. The van der Waals surface area contributed by atoms with Gasteiger partial charge in [-0.2, -0.15) is 0 Å². The van der Waals surface area contributed by atoms with E-state index in [4.69, 9.17) is 0 Å². The minimum Gasteiger partial charge on any atom is -0.0654 e. The SMILES string of the molecule is CCCCCC[Si][Si](CCCCCC)[Si]CCCCCC. The van der Waals surface area contributed by atoms with E-state index in [0.717, 1.165) is 0 Å². The van der Waals surface area contributed by atoms with Gasteiger partial charge in [-0.05, 0) is 0 Å². The maximum Gasteiger partial charge on any atom is 0.0222 e. The summed E-state index contributed by atoms with van der Waals surface area (Å²) in [4.78, 5) is 0. The summed E-state index contributed by atoms with van der Waals surface area (Å²) in [5, 5.41) is 0. The highest BCUT2D eigenvalue weighted by Gasteiger charge is 2.11. The quantitative estimate of drug-likeness (QED) is 0.211. The topological polar surface area (TPSA) is 0 Å². The van der Waals surface area contributed by atoms with Gasteiger partial charge in [-0.3, -0.25) is 0 Å². The predicted octanol–water partition coefficient (Wildman–Crippen LogP) is 6.46. The molecule has 0 aromatic carbocycles. The number of hydrogen-bond donors (Lipinski definition) is 0. The Kier molecular flexibility index (Phi) is 19.3. The molecule has 123 valence electrons. The van der Waals surface area contributed by atoms with Crippen molar-refractivity contribution in [1.29, 1.82) is 0 Å². The van der Waals surface area contributed by atoms with E-state index in [2.05, 4.69) is 20.8 Å². The van der Waals surface area contributed by atoms with Crippen LogP contribution in [0.3, 0.4) is 0 Å². The Morgan fingerprint density at radius 1 is 0.524 bits per heavy atom. The van der Waals surface area contributed by atoms with Crippen LogP contribution in [0, 0.1) is 0 Å². The molecule has 0 aliphatic heterocycles. The lowest BCUT2D eigenvalue weighted by atomic mass is 10.2. The highest BCUT2D eigenvalue weighted by atomic mass is 29.6. The van der Waals surface area contributed by atoms with E-state index >= 15 is 0 Å². The molecule has 0 unspecified atom stereocenters. The van der Waals surface area contributed by atoms with E-state index < -0.39 is 0 Å². The van der Waals surface area contributed by atoms with Gasteiger partial charge in [0, 0.05) is 25.9 Å². The van der Waals surface area contributed by atoms with Crippen molar-refractivity contribution in [2.24, 2.45) is 0 Å². The Balaban J connectivity index is 3.69. The van der Waals surface area contributed by atoms with Crippen molar-refractivity contribution >= 4 is 25.9 Å². The summed E-state index contributed by atoms with van der Waals surface area (Å²) < 4.78 is 0. The fourth-order valence-corrected chi connectivity index (χ4v) is 13.8. The van der Waals surface area contributed by atoms with Gasteiger partial charge in [-0.15, -0.1) is 0 Å². The van der Waals surface area contributed by atoms with Crippen LogP contribution >= 0.6 is 0 Å². The number of hydrogen-bond acceptors (Lipinski definition) is 0. The Bertz CT molecular complexity index is 171. The lowest BCUT2D eigenvalue weighted by molar-refractivity contribution is 0.697. The normalized spacial score (nSPS) is 11.4. The van der Waals surface area contributed by atoms with E-state index in [0.29, 0.717) is 0 Å². The zero-order valence-electron chi connectivity index (χ0n) is 15.1. The molecule has 5 radical (unpaired) electrons. The predicted molar refractivity (Wildman–Crippen MR) is 104 cm³/mol.